The summed E-state index contributed by atoms with van der Waals surface area (Å²) < 4.78 is 26.3. The molecule has 0 aliphatic carbocycles. The summed E-state index contributed by atoms with van der Waals surface area (Å²) in [6.07, 6.45) is 3.57. The number of carbonyl (C=O) groups is 1. The number of sulfone groups is 1. The molecule has 2 aromatic heterocycles. The van der Waals surface area contributed by atoms with Crippen LogP contribution in [0.5, 0.6) is 0 Å². The van der Waals surface area contributed by atoms with Gasteiger partial charge in [-0.2, -0.15) is 0 Å². The predicted octanol–water partition coefficient (Wildman–Crippen LogP) is 0.761. The molecule has 0 N–H and O–H groups in total. The third kappa shape index (κ3) is 2.83. The second-order valence-corrected chi connectivity index (χ2v) is 7.64. The third-order valence-corrected chi connectivity index (χ3v) is 5.35. The highest BCUT2D eigenvalue weighted by atomic mass is 32.2. The van der Waals surface area contributed by atoms with Gasteiger partial charge in [-0.05, 0) is 30.9 Å². The smallest absolute Gasteiger partial charge is 0.254 e. The van der Waals surface area contributed by atoms with Crippen LogP contribution in [0, 0.1) is 5.92 Å². The van der Waals surface area contributed by atoms with Crippen LogP contribution in [0.3, 0.4) is 0 Å². The molecule has 1 atom stereocenters. The van der Waals surface area contributed by atoms with Crippen molar-refractivity contribution in [3.63, 3.8) is 0 Å². The minimum atomic E-state index is -3.81. The summed E-state index contributed by atoms with van der Waals surface area (Å²) in [6, 6.07) is 5.12. The number of carbonyl (C=O) groups excluding carboxylic acids is 1. The molecule has 0 saturated carbocycles. The predicted molar refractivity (Wildman–Crippen MR) is 80.0 cm³/mol. The topological polar surface area (TPSA) is 84.6 Å². The van der Waals surface area contributed by atoms with Gasteiger partial charge in [0.05, 0.1) is 0 Å². The SMILES string of the molecule is C[C@@H]1CCCN(C(=O)CS(=O)(=O)c2nnc3ccccn23)C1. The van der Waals surface area contributed by atoms with Gasteiger partial charge >= 0.3 is 0 Å². The van der Waals surface area contributed by atoms with E-state index < -0.39 is 15.6 Å². The molecule has 1 fully saturated rings. The van der Waals surface area contributed by atoms with E-state index in [-0.39, 0.29) is 11.1 Å². The van der Waals surface area contributed by atoms with Gasteiger partial charge in [0, 0.05) is 19.3 Å². The minimum Gasteiger partial charge on any atom is -0.342 e. The first-order valence-corrected chi connectivity index (χ1v) is 8.93. The number of hydrogen-bond acceptors (Lipinski definition) is 5. The maximum Gasteiger partial charge on any atom is 0.254 e. The van der Waals surface area contributed by atoms with Gasteiger partial charge in [0.15, 0.2) is 5.65 Å². The Kier molecular flexibility index (Phi) is 3.86. The Hall–Kier alpha value is -1.96. The summed E-state index contributed by atoms with van der Waals surface area (Å²) in [6.45, 7) is 3.31. The third-order valence-electron chi connectivity index (χ3n) is 3.88. The van der Waals surface area contributed by atoms with Crippen molar-refractivity contribution in [3.05, 3.63) is 24.4 Å². The molecule has 3 rings (SSSR count). The molecule has 1 saturated heterocycles. The van der Waals surface area contributed by atoms with Gasteiger partial charge in [0.1, 0.15) is 5.75 Å². The molecule has 0 bridgehead atoms. The standard InChI is InChI=1S/C14H18N4O3S/c1-11-5-4-7-17(9-11)13(19)10-22(20,21)14-16-15-12-6-2-3-8-18(12)14/h2-3,6,8,11H,4-5,7,9-10H2,1H3/t11-/m1/s1. The number of likely N-dealkylation sites (tertiary alicyclic amines) is 1. The lowest BCUT2D eigenvalue weighted by atomic mass is 10.0. The first-order chi connectivity index (χ1) is 10.5. The van der Waals surface area contributed by atoms with Crippen molar-refractivity contribution >= 4 is 21.4 Å². The van der Waals surface area contributed by atoms with Gasteiger partial charge in [0.2, 0.25) is 15.7 Å². The summed E-state index contributed by atoms with van der Waals surface area (Å²) in [7, 11) is -3.81. The van der Waals surface area contributed by atoms with Gasteiger partial charge in [-0.3, -0.25) is 9.20 Å². The van der Waals surface area contributed by atoms with Gasteiger partial charge in [-0.15, -0.1) is 10.2 Å². The number of aromatic nitrogens is 3. The zero-order valence-corrected chi connectivity index (χ0v) is 13.2. The summed E-state index contributed by atoms with van der Waals surface area (Å²) in [4.78, 5) is 13.9. The summed E-state index contributed by atoms with van der Waals surface area (Å²) in [5, 5.41) is 7.38. The molecule has 0 radical (unpaired) electrons. The summed E-state index contributed by atoms with van der Waals surface area (Å²) in [5.41, 5.74) is 0.445. The van der Waals surface area contributed by atoms with Crippen LogP contribution in [-0.2, 0) is 14.6 Å². The molecule has 8 heteroatoms. The molecule has 2 aromatic rings. The van der Waals surface area contributed by atoms with Crippen LogP contribution in [-0.4, -0.2) is 52.7 Å². The molecule has 0 unspecified atom stereocenters. The van der Waals surface area contributed by atoms with Crippen molar-refractivity contribution in [2.45, 2.75) is 24.9 Å². The van der Waals surface area contributed by atoms with Crippen LogP contribution in [0.1, 0.15) is 19.8 Å². The maximum atomic E-state index is 12.5. The van der Waals surface area contributed by atoms with Crippen molar-refractivity contribution in [3.8, 4) is 0 Å². The fourth-order valence-electron chi connectivity index (χ4n) is 2.77. The largest absolute Gasteiger partial charge is 0.342 e. The molecular weight excluding hydrogens is 304 g/mol. The molecule has 1 aliphatic rings. The van der Waals surface area contributed by atoms with E-state index in [1.165, 1.54) is 4.40 Å². The van der Waals surface area contributed by atoms with Crippen LogP contribution in [0.25, 0.3) is 5.65 Å². The molecule has 0 aromatic carbocycles. The number of piperidine rings is 1. The van der Waals surface area contributed by atoms with Crippen molar-refractivity contribution in [2.75, 3.05) is 18.8 Å². The van der Waals surface area contributed by atoms with Crippen molar-refractivity contribution in [1.82, 2.24) is 19.5 Å². The second kappa shape index (κ2) is 5.68. The van der Waals surface area contributed by atoms with Crippen LogP contribution >= 0.6 is 0 Å². The number of pyridine rings is 1. The molecule has 3 heterocycles. The maximum absolute atomic E-state index is 12.5. The van der Waals surface area contributed by atoms with Crippen LogP contribution in [0.15, 0.2) is 29.6 Å². The highest BCUT2D eigenvalue weighted by molar-refractivity contribution is 7.91. The Morgan fingerprint density at radius 2 is 2.18 bits per heavy atom. The van der Waals surface area contributed by atoms with E-state index in [9.17, 15) is 13.2 Å². The monoisotopic (exact) mass is 322 g/mol. The zero-order valence-electron chi connectivity index (χ0n) is 12.3. The molecule has 1 amide bonds. The average molecular weight is 322 g/mol. The molecule has 1 aliphatic heterocycles. The summed E-state index contributed by atoms with van der Waals surface area (Å²) >= 11 is 0. The lowest BCUT2D eigenvalue weighted by Gasteiger charge is -2.30. The van der Waals surface area contributed by atoms with Crippen LogP contribution < -0.4 is 0 Å². The van der Waals surface area contributed by atoms with E-state index in [1.807, 2.05) is 0 Å². The Bertz CT molecular complexity index is 799. The van der Waals surface area contributed by atoms with Crippen LogP contribution in [0.2, 0.25) is 0 Å². The van der Waals surface area contributed by atoms with Crippen molar-refractivity contribution in [1.29, 1.82) is 0 Å². The number of nitrogens with zero attached hydrogens (tertiary/aromatic N) is 4. The quantitative estimate of drug-likeness (QED) is 0.833. The fraction of sp³-hybridized carbons (Fsp3) is 0.500. The van der Waals surface area contributed by atoms with Crippen molar-refractivity contribution in [2.24, 2.45) is 5.92 Å². The van der Waals surface area contributed by atoms with E-state index in [1.54, 1.807) is 29.3 Å². The Balaban J connectivity index is 1.83. The first-order valence-electron chi connectivity index (χ1n) is 7.28. The lowest BCUT2D eigenvalue weighted by molar-refractivity contribution is -0.130. The molecule has 118 valence electrons. The molecule has 7 nitrogen and oxygen atoms in total. The fourth-order valence-corrected chi connectivity index (χ4v) is 4.02. The van der Waals surface area contributed by atoms with Gasteiger partial charge in [0.25, 0.3) is 5.16 Å². The van der Waals surface area contributed by atoms with Gasteiger partial charge < -0.3 is 4.90 Å². The van der Waals surface area contributed by atoms with Gasteiger partial charge in [-0.1, -0.05) is 13.0 Å². The molecular formula is C14H18N4O3S. The minimum absolute atomic E-state index is 0.179. The van der Waals surface area contributed by atoms with E-state index >= 15 is 0 Å². The number of amides is 1. The van der Waals surface area contributed by atoms with E-state index in [0.29, 0.717) is 24.7 Å². The highest BCUT2D eigenvalue weighted by Gasteiger charge is 2.29. The molecule has 0 spiro atoms. The van der Waals surface area contributed by atoms with Crippen molar-refractivity contribution < 1.29 is 13.2 Å². The van der Waals surface area contributed by atoms with E-state index in [0.717, 1.165) is 12.8 Å². The Labute approximate surface area is 128 Å². The van der Waals surface area contributed by atoms with E-state index in [4.69, 9.17) is 0 Å². The molecule has 22 heavy (non-hydrogen) atoms. The first kappa shape index (κ1) is 15.0. The van der Waals surface area contributed by atoms with Gasteiger partial charge in [-0.25, -0.2) is 8.42 Å². The zero-order chi connectivity index (χ0) is 15.7. The Morgan fingerprint density at radius 3 is 2.95 bits per heavy atom. The average Bonchev–Trinajstić information content (AvgIpc) is 2.91. The number of rotatable bonds is 3. The second-order valence-electron chi connectivity index (χ2n) is 5.76. The summed E-state index contributed by atoms with van der Waals surface area (Å²) in [5.74, 6) is -0.511. The number of fused-ring (bicyclic) bond motifs is 1. The van der Waals surface area contributed by atoms with E-state index in [2.05, 4.69) is 17.1 Å². The lowest BCUT2D eigenvalue weighted by Crippen LogP contribution is -2.42. The normalized spacial score (nSPS) is 19.5. The number of hydrogen-bond donors (Lipinski definition) is 0. The highest BCUT2D eigenvalue weighted by Crippen LogP contribution is 2.17. The Morgan fingerprint density at radius 1 is 1.36 bits per heavy atom. The van der Waals surface area contributed by atoms with Crippen LogP contribution in [0.4, 0.5) is 0 Å².